The van der Waals surface area contributed by atoms with Crippen molar-refractivity contribution in [3.05, 3.63) is 59.7 Å². The minimum absolute atomic E-state index is 0.652. The molecule has 0 aliphatic carbocycles. The van der Waals surface area contributed by atoms with E-state index in [1.807, 2.05) is 55.5 Å². The molecular weight excluding hydrogens is 210 g/mol. The normalized spacial score (nSPS) is 11.8. The lowest BCUT2D eigenvalue weighted by atomic mass is 9.96. The first kappa shape index (κ1) is 11.4. The molecule has 1 N–H and O–H groups in total. The van der Waals surface area contributed by atoms with Gasteiger partial charge in [-0.1, -0.05) is 54.1 Å². The topological polar surface area (TPSA) is 44.0 Å². The van der Waals surface area contributed by atoms with Crippen molar-refractivity contribution in [1.29, 1.82) is 5.26 Å². The molecule has 0 radical (unpaired) electrons. The molecule has 17 heavy (non-hydrogen) atoms. The van der Waals surface area contributed by atoms with E-state index in [0.29, 0.717) is 5.56 Å². The summed E-state index contributed by atoms with van der Waals surface area (Å²) in [6.45, 7) is 2.03. The van der Waals surface area contributed by atoms with Gasteiger partial charge in [0, 0.05) is 5.56 Å². The monoisotopic (exact) mass is 223 g/mol. The molecule has 0 spiro atoms. The van der Waals surface area contributed by atoms with Gasteiger partial charge in [0.05, 0.1) is 6.07 Å². The van der Waals surface area contributed by atoms with E-state index in [1.54, 1.807) is 6.07 Å². The van der Waals surface area contributed by atoms with Gasteiger partial charge in [-0.05, 0) is 18.1 Å². The summed E-state index contributed by atoms with van der Waals surface area (Å²) in [4.78, 5) is 0. The number of nitrogens with zero attached hydrogens (tertiary/aromatic N) is 1. The van der Waals surface area contributed by atoms with Gasteiger partial charge in [-0.15, -0.1) is 0 Å². The molecule has 2 aromatic rings. The molecule has 0 aromatic heterocycles. The third kappa shape index (κ3) is 2.35. The van der Waals surface area contributed by atoms with Crippen LogP contribution in [-0.4, -0.2) is 5.11 Å². The highest BCUT2D eigenvalue weighted by Crippen LogP contribution is 2.28. The van der Waals surface area contributed by atoms with E-state index < -0.39 is 6.10 Å². The molecule has 0 aliphatic rings. The second kappa shape index (κ2) is 4.82. The van der Waals surface area contributed by atoms with Crippen molar-refractivity contribution < 1.29 is 5.11 Å². The largest absolute Gasteiger partial charge is 0.374 e. The predicted octanol–water partition coefficient (Wildman–Crippen LogP) is 3.22. The third-order valence-corrected chi connectivity index (χ3v) is 2.74. The molecule has 2 rings (SSSR count). The fourth-order valence-corrected chi connectivity index (χ4v) is 1.80. The molecule has 2 nitrogen and oxygen atoms in total. The van der Waals surface area contributed by atoms with Gasteiger partial charge in [0.1, 0.15) is 0 Å². The van der Waals surface area contributed by atoms with Gasteiger partial charge in [0.2, 0.25) is 0 Å². The minimum atomic E-state index is -1.08. The lowest BCUT2D eigenvalue weighted by Crippen LogP contribution is -1.96. The average molecular weight is 223 g/mol. The molecule has 2 heteroatoms. The maximum absolute atomic E-state index is 9.66. The maximum Gasteiger partial charge on any atom is 0.166 e. The van der Waals surface area contributed by atoms with Crippen LogP contribution in [0.4, 0.5) is 0 Å². The minimum Gasteiger partial charge on any atom is -0.374 e. The summed E-state index contributed by atoms with van der Waals surface area (Å²) >= 11 is 0. The van der Waals surface area contributed by atoms with E-state index in [-0.39, 0.29) is 0 Å². The number of benzene rings is 2. The van der Waals surface area contributed by atoms with E-state index >= 15 is 0 Å². The first-order valence-electron chi connectivity index (χ1n) is 5.46. The fourth-order valence-electron chi connectivity index (χ4n) is 1.80. The summed E-state index contributed by atoms with van der Waals surface area (Å²) < 4.78 is 0. The number of hydrogen-bond donors (Lipinski definition) is 1. The van der Waals surface area contributed by atoms with Gasteiger partial charge in [-0.2, -0.15) is 5.26 Å². The first-order chi connectivity index (χ1) is 8.22. The van der Waals surface area contributed by atoms with E-state index in [2.05, 4.69) is 0 Å². The van der Waals surface area contributed by atoms with Crippen LogP contribution >= 0.6 is 0 Å². The molecule has 0 fully saturated rings. The van der Waals surface area contributed by atoms with Gasteiger partial charge in [0.25, 0.3) is 0 Å². The van der Waals surface area contributed by atoms with Crippen molar-refractivity contribution in [3.63, 3.8) is 0 Å². The van der Waals surface area contributed by atoms with E-state index in [1.165, 1.54) is 5.56 Å². The lowest BCUT2D eigenvalue weighted by molar-refractivity contribution is 0.236. The Morgan fingerprint density at radius 1 is 1.06 bits per heavy atom. The molecular formula is C15H13NO. The van der Waals surface area contributed by atoms with Crippen LogP contribution in [0.25, 0.3) is 11.1 Å². The third-order valence-electron chi connectivity index (χ3n) is 2.74. The predicted molar refractivity (Wildman–Crippen MR) is 67.2 cm³/mol. The van der Waals surface area contributed by atoms with Gasteiger partial charge >= 0.3 is 0 Å². The molecule has 0 saturated carbocycles. The van der Waals surface area contributed by atoms with Crippen molar-refractivity contribution in [1.82, 2.24) is 0 Å². The van der Waals surface area contributed by atoms with Crippen LogP contribution in [0.2, 0.25) is 0 Å². The van der Waals surface area contributed by atoms with Gasteiger partial charge < -0.3 is 5.11 Å². The SMILES string of the molecule is Cc1ccc(-c2ccccc2C(O)C#N)cc1. The molecule has 0 bridgehead atoms. The van der Waals surface area contributed by atoms with Gasteiger partial charge in [0.15, 0.2) is 6.10 Å². The summed E-state index contributed by atoms with van der Waals surface area (Å²) in [5, 5.41) is 18.5. The number of aliphatic hydroxyl groups is 1. The molecule has 0 heterocycles. The highest BCUT2D eigenvalue weighted by Gasteiger charge is 2.11. The summed E-state index contributed by atoms with van der Waals surface area (Å²) in [5.41, 5.74) is 3.76. The van der Waals surface area contributed by atoms with Crippen LogP contribution in [-0.2, 0) is 0 Å². The smallest absolute Gasteiger partial charge is 0.166 e. The Hall–Kier alpha value is -2.11. The second-order valence-electron chi connectivity index (χ2n) is 3.98. The highest BCUT2D eigenvalue weighted by atomic mass is 16.3. The van der Waals surface area contributed by atoms with Crippen LogP contribution in [0.1, 0.15) is 17.2 Å². The van der Waals surface area contributed by atoms with Crippen LogP contribution in [0.3, 0.4) is 0 Å². The highest BCUT2D eigenvalue weighted by molar-refractivity contribution is 5.68. The molecule has 84 valence electrons. The summed E-state index contributed by atoms with van der Waals surface area (Å²) in [6, 6.07) is 17.3. The molecule has 0 saturated heterocycles. The number of rotatable bonds is 2. The molecule has 0 amide bonds. The Morgan fingerprint density at radius 2 is 1.71 bits per heavy atom. The number of aliphatic hydroxyl groups excluding tert-OH is 1. The van der Waals surface area contributed by atoms with Crippen molar-refractivity contribution in [2.24, 2.45) is 0 Å². The Balaban J connectivity index is 2.52. The van der Waals surface area contributed by atoms with E-state index in [9.17, 15) is 5.11 Å². The van der Waals surface area contributed by atoms with Crippen molar-refractivity contribution in [2.45, 2.75) is 13.0 Å². The van der Waals surface area contributed by atoms with Crippen molar-refractivity contribution in [3.8, 4) is 17.2 Å². The zero-order valence-electron chi connectivity index (χ0n) is 9.59. The number of nitriles is 1. The number of aryl methyl sites for hydroxylation is 1. The number of hydrogen-bond acceptors (Lipinski definition) is 2. The van der Waals surface area contributed by atoms with E-state index in [0.717, 1.165) is 11.1 Å². The molecule has 2 aromatic carbocycles. The Morgan fingerprint density at radius 3 is 2.35 bits per heavy atom. The summed E-state index contributed by atoms with van der Waals surface area (Å²) in [7, 11) is 0. The van der Waals surface area contributed by atoms with E-state index in [4.69, 9.17) is 5.26 Å². The second-order valence-corrected chi connectivity index (χ2v) is 3.98. The first-order valence-corrected chi connectivity index (χ1v) is 5.46. The molecule has 0 aliphatic heterocycles. The Kier molecular flexibility index (Phi) is 3.22. The van der Waals surface area contributed by atoms with Gasteiger partial charge in [-0.3, -0.25) is 0 Å². The lowest BCUT2D eigenvalue weighted by Gasteiger charge is -2.10. The van der Waals surface area contributed by atoms with Crippen LogP contribution < -0.4 is 0 Å². The Labute approximate surface area is 101 Å². The quantitative estimate of drug-likeness (QED) is 0.794. The van der Waals surface area contributed by atoms with Gasteiger partial charge in [-0.25, -0.2) is 0 Å². The maximum atomic E-state index is 9.66. The standard InChI is InChI=1S/C15H13NO/c1-11-6-8-12(9-7-11)13-4-2-3-5-14(13)15(17)10-16/h2-9,15,17H,1H3. The molecule has 1 unspecified atom stereocenters. The zero-order valence-corrected chi connectivity index (χ0v) is 9.59. The average Bonchev–Trinajstić information content (AvgIpc) is 2.39. The summed E-state index contributed by atoms with van der Waals surface area (Å²) in [6.07, 6.45) is -1.08. The van der Waals surface area contributed by atoms with Crippen molar-refractivity contribution in [2.75, 3.05) is 0 Å². The zero-order chi connectivity index (χ0) is 12.3. The van der Waals surface area contributed by atoms with Crippen molar-refractivity contribution >= 4 is 0 Å². The molecule has 1 atom stereocenters. The fraction of sp³-hybridized carbons (Fsp3) is 0.133. The van der Waals surface area contributed by atoms with Crippen LogP contribution in [0, 0.1) is 18.3 Å². The summed E-state index contributed by atoms with van der Waals surface area (Å²) in [5.74, 6) is 0. The van der Waals surface area contributed by atoms with Crippen LogP contribution in [0.5, 0.6) is 0 Å². The Bertz CT molecular complexity index is 552. The van der Waals surface area contributed by atoms with Crippen LogP contribution in [0.15, 0.2) is 48.5 Å².